The highest BCUT2D eigenvalue weighted by molar-refractivity contribution is 7.16. The molecular formula is C16H22ClN3S. The summed E-state index contributed by atoms with van der Waals surface area (Å²) in [6.07, 6.45) is 1.95. The minimum absolute atomic E-state index is 0.483. The van der Waals surface area contributed by atoms with Gasteiger partial charge in [0.1, 0.15) is 5.82 Å². The number of hydrogen-bond donors (Lipinski definition) is 1. The molecule has 0 amide bonds. The number of aryl methyl sites for hydroxylation is 1. The van der Waals surface area contributed by atoms with Crippen molar-refractivity contribution in [1.82, 2.24) is 10.3 Å². The van der Waals surface area contributed by atoms with Gasteiger partial charge in [0.05, 0.1) is 10.9 Å². The van der Waals surface area contributed by atoms with E-state index in [1.165, 1.54) is 16.0 Å². The van der Waals surface area contributed by atoms with Gasteiger partial charge >= 0.3 is 0 Å². The van der Waals surface area contributed by atoms with Crippen molar-refractivity contribution in [3.8, 4) is 0 Å². The van der Waals surface area contributed by atoms with Crippen LogP contribution in [0.4, 0.5) is 5.82 Å². The van der Waals surface area contributed by atoms with E-state index in [2.05, 4.69) is 55.2 Å². The summed E-state index contributed by atoms with van der Waals surface area (Å²) in [6.45, 7) is 8.09. The lowest BCUT2D eigenvalue weighted by atomic mass is 10.2. The molecule has 0 aliphatic carbocycles. The molecule has 1 N–H and O–H groups in total. The van der Waals surface area contributed by atoms with E-state index in [0.717, 1.165) is 23.2 Å². The topological polar surface area (TPSA) is 28.2 Å². The van der Waals surface area contributed by atoms with E-state index in [0.29, 0.717) is 6.04 Å². The Morgan fingerprint density at radius 2 is 2.14 bits per heavy atom. The predicted molar refractivity (Wildman–Crippen MR) is 92.4 cm³/mol. The number of aromatic nitrogens is 1. The Labute approximate surface area is 136 Å². The fourth-order valence-electron chi connectivity index (χ4n) is 2.19. The van der Waals surface area contributed by atoms with Crippen molar-refractivity contribution < 1.29 is 0 Å². The van der Waals surface area contributed by atoms with Gasteiger partial charge in [-0.3, -0.25) is 0 Å². The van der Waals surface area contributed by atoms with Gasteiger partial charge in [-0.15, -0.1) is 11.3 Å². The molecule has 0 spiro atoms. The average Bonchev–Trinajstić information content (AvgIpc) is 2.81. The highest BCUT2D eigenvalue weighted by Crippen LogP contribution is 2.25. The van der Waals surface area contributed by atoms with Gasteiger partial charge in [0.2, 0.25) is 0 Å². The van der Waals surface area contributed by atoms with Crippen LogP contribution in [-0.4, -0.2) is 18.1 Å². The lowest BCUT2D eigenvalue weighted by Crippen LogP contribution is -2.22. The number of nitrogens with one attached hydrogen (secondary N) is 1. The van der Waals surface area contributed by atoms with E-state index in [4.69, 9.17) is 11.6 Å². The summed E-state index contributed by atoms with van der Waals surface area (Å²) < 4.78 is 0.832. The van der Waals surface area contributed by atoms with Crippen LogP contribution in [0.3, 0.4) is 0 Å². The summed E-state index contributed by atoms with van der Waals surface area (Å²) in [6, 6.07) is 6.70. The van der Waals surface area contributed by atoms with Crippen LogP contribution in [0, 0.1) is 6.92 Å². The van der Waals surface area contributed by atoms with Crippen molar-refractivity contribution in [2.24, 2.45) is 0 Å². The van der Waals surface area contributed by atoms with Crippen LogP contribution < -0.4 is 10.2 Å². The lowest BCUT2D eigenvalue weighted by molar-refractivity contribution is 0.587. The van der Waals surface area contributed by atoms with E-state index in [1.807, 2.05) is 12.3 Å². The summed E-state index contributed by atoms with van der Waals surface area (Å²) in [5.74, 6) is 1.02. The van der Waals surface area contributed by atoms with Gasteiger partial charge in [-0.1, -0.05) is 25.4 Å². The molecule has 0 fully saturated rings. The number of halogens is 1. The third-order valence-electron chi connectivity index (χ3n) is 3.21. The highest BCUT2D eigenvalue weighted by atomic mass is 35.5. The van der Waals surface area contributed by atoms with Crippen molar-refractivity contribution in [3.05, 3.63) is 44.7 Å². The Bertz CT molecular complexity index is 595. The quantitative estimate of drug-likeness (QED) is 0.861. The third kappa shape index (κ3) is 4.70. The molecule has 2 heterocycles. The SMILES string of the molecule is Cc1cc(CNC(C)C)cnc1N(C)Cc1ccc(Cl)s1. The fourth-order valence-corrected chi connectivity index (χ4v) is 3.33. The summed E-state index contributed by atoms with van der Waals surface area (Å²) in [5.41, 5.74) is 2.42. The van der Waals surface area contributed by atoms with Crippen molar-refractivity contribution >= 4 is 28.8 Å². The van der Waals surface area contributed by atoms with Crippen LogP contribution in [0.1, 0.15) is 29.9 Å². The van der Waals surface area contributed by atoms with E-state index in [1.54, 1.807) is 11.3 Å². The standard InChI is InChI=1S/C16H22ClN3S/c1-11(2)18-8-13-7-12(3)16(19-9-13)20(4)10-14-5-6-15(17)21-14/h5-7,9,11,18H,8,10H2,1-4H3. The molecule has 3 nitrogen and oxygen atoms in total. The first-order chi connectivity index (χ1) is 9.95. The minimum Gasteiger partial charge on any atom is -0.354 e. The van der Waals surface area contributed by atoms with Crippen LogP contribution in [-0.2, 0) is 13.1 Å². The average molecular weight is 324 g/mol. The van der Waals surface area contributed by atoms with E-state index < -0.39 is 0 Å². The Morgan fingerprint density at radius 3 is 2.71 bits per heavy atom. The lowest BCUT2D eigenvalue weighted by Gasteiger charge is -2.20. The summed E-state index contributed by atoms with van der Waals surface area (Å²) >= 11 is 7.60. The summed E-state index contributed by atoms with van der Waals surface area (Å²) in [5, 5.41) is 3.41. The van der Waals surface area contributed by atoms with E-state index in [9.17, 15) is 0 Å². The predicted octanol–water partition coefficient (Wildman–Crippen LogP) is 4.24. The first-order valence-corrected chi connectivity index (χ1v) is 8.29. The molecule has 0 aliphatic rings. The van der Waals surface area contributed by atoms with Gasteiger partial charge in [0.25, 0.3) is 0 Å². The zero-order chi connectivity index (χ0) is 15.4. The Kier molecular flexibility index (Phi) is 5.62. The molecule has 21 heavy (non-hydrogen) atoms. The number of nitrogens with zero attached hydrogens (tertiary/aromatic N) is 2. The zero-order valence-electron chi connectivity index (χ0n) is 13.0. The Hall–Kier alpha value is -1.10. The van der Waals surface area contributed by atoms with Gasteiger partial charge < -0.3 is 10.2 Å². The highest BCUT2D eigenvalue weighted by Gasteiger charge is 2.09. The number of thiophene rings is 1. The molecule has 0 aliphatic heterocycles. The van der Waals surface area contributed by atoms with Crippen molar-refractivity contribution in [3.63, 3.8) is 0 Å². The van der Waals surface area contributed by atoms with Gasteiger partial charge in [0, 0.05) is 30.7 Å². The van der Waals surface area contributed by atoms with Crippen LogP contribution >= 0.6 is 22.9 Å². The Morgan fingerprint density at radius 1 is 1.38 bits per heavy atom. The number of hydrogen-bond acceptors (Lipinski definition) is 4. The molecule has 2 rings (SSSR count). The molecule has 0 saturated carbocycles. The van der Waals surface area contributed by atoms with Crippen LogP contribution in [0.2, 0.25) is 4.34 Å². The molecule has 2 aromatic heterocycles. The van der Waals surface area contributed by atoms with Crippen LogP contribution in [0.15, 0.2) is 24.4 Å². The molecule has 0 aromatic carbocycles. The van der Waals surface area contributed by atoms with Crippen molar-refractivity contribution in [1.29, 1.82) is 0 Å². The molecule has 0 saturated heterocycles. The second kappa shape index (κ2) is 7.25. The third-order valence-corrected chi connectivity index (χ3v) is 4.42. The number of anilines is 1. The minimum atomic E-state index is 0.483. The van der Waals surface area contributed by atoms with Crippen LogP contribution in [0.25, 0.3) is 0 Å². The number of pyridine rings is 1. The van der Waals surface area contributed by atoms with Crippen molar-refractivity contribution in [2.45, 2.75) is 39.9 Å². The van der Waals surface area contributed by atoms with E-state index in [-0.39, 0.29) is 0 Å². The largest absolute Gasteiger partial charge is 0.354 e. The maximum atomic E-state index is 5.98. The molecule has 0 atom stereocenters. The molecule has 0 radical (unpaired) electrons. The van der Waals surface area contributed by atoms with Crippen LogP contribution in [0.5, 0.6) is 0 Å². The van der Waals surface area contributed by atoms with Gasteiger partial charge in [-0.05, 0) is 36.2 Å². The normalized spacial score (nSPS) is 11.1. The van der Waals surface area contributed by atoms with Gasteiger partial charge in [0.15, 0.2) is 0 Å². The smallest absolute Gasteiger partial charge is 0.131 e. The number of rotatable bonds is 6. The van der Waals surface area contributed by atoms with Gasteiger partial charge in [-0.2, -0.15) is 0 Å². The Balaban J connectivity index is 2.05. The first-order valence-electron chi connectivity index (χ1n) is 7.10. The van der Waals surface area contributed by atoms with Crippen molar-refractivity contribution in [2.75, 3.05) is 11.9 Å². The maximum Gasteiger partial charge on any atom is 0.131 e. The molecule has 0 bridgehead atoms. The summed E-state index contributed by atoms with van der Waals surface area (Å²) in [7, 11) is 2.06. The fraction of sp³-hybridized carbons (Fsp3) is 0.438. The molecule has 114 valence electrons. The monoisotopic (exact) mass is 323 g/mol. The van der Waals surface area contributed by atoms with E-state index >= 15 is 0 Å². The molecular weight excluding hydrogens is 302 g/mol. The maximum absolute atomic E-state index is 5.98. The first kappa shape index (κ1) is 16.3. The zero-order valence-corrected chi connectivity index (χ0v) is 14.6. The molecule has 2 aromatic rings. The second-order valence-electron chi connectivity index (χ2n) is 5.58. The molecule has 5 heteroatoms. The van der Waals surface area contributed by atoms with Gasteiger partial charge in [-0.25, -0.2) is 4.98 Å². The molecule has 0 unspecified atom stereocenters. The summed E-state index contributed by atoms with van der Waals surface area (Å²) in [4.78, 5) is 8.03. The second-order valence-corrected chi connectivity index (χ2v) is 7.38.